The van der Waals surface area contributed by atoms with Gasteiger partial charge < -0.3 is 9.47 Å². The zero-order valence-corrected chi connectivity index (χ0v) is 15.4. The summed E-state index contributed by atoms with van der Waals surface area (Å²) in [4.78, 5) is 23.3. The number of amides is 2. The Morgan fingerprint density at radius 2 is 1.88 bits per heavy atom. The van der Waals surface area contributed by atoms with E-state index in [1.807, 2.05) is 50.2 Å². The molecule has 1 N–H and O–H groups in total. The molecule has 2 amide bonds. The molecule has 1 aliphatic rings. The van der Waals surface area contributed by atoms with E-state index in [4.69, 9.17) is 9.47 Å². The average molecular weight is 369 g/mol. The van der Waals surface area contributed by atoms with Crippen LogP contribution in [0.2, 0.25) is 0 Å². The predicted octanol–water partition coefficient (Wildman–Crippen LogP) is 4.30. The van der Waals surface area contributed by atoms with Gasteiger partial charge in [-0.2, -0.15) is 0 Å². The van der Waals surface area contributed by atoms with E-state index in [1.165, 1.54) is 5.56 Å². The number of imide groups is 1. The van der Waals surface area contributed by atoms with Crippen LogP contribution in [-0.4, -0.2) is 17.8 Å². The van der Waals surface area contributed by atoms with Gasteiger partial charge in [-0.25, -0.2) is 0 Å². The maximum atomic E-state index is 11.7. The maximum absolute atomic E-state index is 11.7. The average Bonchev–Trinajstić information content (AvgIpc) is 2.93. The van der Waals surface area contributed by atoms with Crippen LogP contribution in [0, 0.1) is 6.92 Å². The number of hydrogen-bond acceptors (Lipinski definition) is 5. The van der Waals surface area contributed by atoms with Crippen molar-refractivity contribution < 1.29 is 19.1 Å². The lowest BCUT2D eigenvalue weighted by Crippen LogP contribution is -2.17. The fourth-order valence-corrected chi connectivity index (χ4v) is 3.18. The number of carbonyl (C=O) groups is 2. The van der Waals surface area contributed by atoms with E-state index >= 15 is 0 Å². The molecular weight excluding hydrogens is 350 g/mol. The molecule has 6 heteroatoms. The van der Waals surface area contributed by atoms with Gasteiger partial charge in [-0.15, -0.1) is 0 Å². The highest BCUT2D eigenvalue weighted by Gasteiger charge is 2.25. The van der Waals surface area contributed by atoms with Crippen molar-refractivity contribution in [3.8, 4) is 11.5 Å². The van der Waals surface area contributed by atoms with E-state index in [0.29, 0.717) is 29.6 Å². The molecule has 1 heterocycles. The van der Waals surface area contributed by atoms with Crippen LogP contribution in [0.4, 0.5) is 4.79 Å². The van der Waals surface area contributed by atoms with Crippen LogP contribution < -0.4 is 14.8 Å². The van der Waals surface area contributed by atoms with Crippen LogP contribution >= 0.6 is 11.8 Å². The van der Waals surface area contributed by atoms with E-state index in [9.17, 15) is 9.59 Å². The van der Waals surface area contributed by atoms with Crippen molar-refractivity contribution in [1.29, 1.82) is 0 Å². The van der Waals surface area contributed by atoms with Crippen LogP contribution in [0.15, 0.2) is 47.4 Å². The molecule has 0 unspecified atom stereocenters. The van der Waals surface area contributed by atoms with Crippen LogP contribution in [0.1, 0.15) is 23.6 Å². The smallest absolute Gasteiger partial charge is 0.290 e. The van der Waals surface area contributed by atoms with Gasteiger partial charge in [-0.05, 0) is 60.5 Å². The molecule has 0 saturated carbocycles. The zero-order valence-electron chi connectivity index (χ0n) is 14.6. The largest absolute Gasteiger partial charge is 0.490 e. The molecule has 2 aromatic carbocycles. The summed E-state index contributed by atoms with van der Waals surface area (Å²) in [6.07, 6.45) is 1.67. The summed E-state index contributed by atoms with van der Waals surface area (Å²) in [5.74, 6) is 0.861. The van der Waals surface area contributed by atoms with E-state index in [0.717, 1.165) is 22.9 Å². The highest BCUT2D eigenvalue weighted by molar-refractivity contribution is 8.18. The van der Waals surface area contributed by atoms with Crippen molar-refractivity contribution in [1.82, 2.24) is 5.32 Å². The first-order chi connectivity index (χ1) is 12.6. The molecule has 0 aliphatic carbocycles. The Morgan fingerprint density at radius 3 is 2.58 bits per heavy atom. The summed E-state index contributed by atoms with van der Waals surface area (Å²) >= 11 is 0.891. The standard InChI is InChI=1S/C20H19NO4S/c1-3-24-17-10-14(11-18-19(22)21-20(23)26-18)8-9-16(17)25-12-15-7-5-4-6-13(15)2/h4-11H,3,12H2,1-2H3,(H,21,22,23)/b18-11-. The van der Waals surface area contributed by atoms with Gasteiger partial charge >= 0.3 is 0 Å². The van der Waals surface area contributed by atoms with Gasteiger partial charge in [0.2, 0.25) is 0 Å². The first-order valence-electron chi connectivity index (χ1n) is 8.26. The second-order valence-electron chi connectivity index (χ2n) is 5.71. The maximum Gasteiger partial charge on any atom is 0.290 e. The molecule has 0 atom stereocenters. The number of hydrogen-bond donors (Lipinski definition) is 1. The molecule has 0 spiro atoms. The van der Waals surface area contributed by atoms with Gasteiger partial charge in [0, 0.05) is 0 Å². The van der Waals surface area contributed by atoms with E-state index in [2.05, 4.69) is 5.32 Å². The van der Waals surface area contributed by atoms with Crippen LogP contribution in [-0.2, 0) is 11.4 Å². The van der Waals surface area contributed by atoms with Gasteiger partial charge in [0.25, 0.3) is 11.1 Å². The third kappa shape index (κ3) is 4.26. The van der Waals surface area contributed by atoms with Gasteiger partial charge in [0.05, 0.1) is 11.5 Å². The molecule has 3 rings (SSSR count). The first kappa shape index (κ1) is 18.1. The fourth-order valence-electron chi connectivity index (χ4n) is 2.50. The number of ether oxygens (including phenoxy) is 2. The Morgan fingerprint density at radius 1 is 1.08 bits per heavy atom. The molecule has 1 saturated heterocycles. The molecule has 0 radical (unpaired) electrons. The second kappa shape index (κ2) is 8.10. The Balaban J connectivity index is 1.80. The van der Waals surface area contributed by atoms with Gasteiger partial charge in [-0.1, -0.05) is 30.3 Å². The Bertz CT molecular complexity index is 876. The van der Waals surface area contributed by atoms with E-state index < -0.39 is 0 Å². The molecule has 2 aromatic rings. The van der Waals surface area contributed by atoms with Gasteiger partial charge in [0.15, 0.2) is 11.5 Å². The predicted molar refractivity (Wildman–Crippen MR) is 102 cm³/mol. The Kier molecular flexibility index (Phi) is 5.63. The zero-order chi connectivity index (χ0) is 18.5. The van der Waals surface area contributed by atoms with Crippen LogP contribution in [0.5, 0.6) is 11.5 Å². The Labute approximate surface area is 156 Å². The number of aryl methyl sites for hydroxylation is 1. The summed E-state index contributed by atoms with van der Waals surface area (Å²) in [5, 5.41) is 1.89. The minimum Gasteiger partial charge on any atom is -0.490 e. The van der Waals surface area contributed by atoms with E-state index in [-0.39, 0.29) is 11.1 Å². The van der Waals surface area contributed by atoms with Gasteiger partial charge in [-0.3, -0.25) is 14.9 Å². The SMILES string of the molecule is CCOc1cc(/C=C2\SC(=O)NC2=O)ccc1OCc1ccccc1C. The number of rotatable bonds is 6. The highest BCUT2D eigenvalue weighted by Crippen LogP contribution is 2.32. The van der Waals surface area contributed by atoms with Crippen molar-refractivity contribution in [3.05, 3.63) is 64.1 Å². The topological polar surface area (TPSA) is 64.6 Å². The Hall–Kier alpha value is -2.73. The number of thioether (sulfide) groups is 1. The lowest BCUT2D eigenvalue weighted by atomic mass is 10.1. The van der Waals surface area contributed by atoms with Crippen molar-refractivity contribution in [2.75, 3.05) is 6.61 Å². The second-order valence-corrected chi connectivity index (χ2v) is 6.72. The molecule has 0 aromatic heterocycles. The number of carbonyl (C=O) groups excluding carboxylic acids is 2. The summed E-state index contributed by atoms with van der Waals surface area (Å²) in [7, 11) is 0. The minimum absolute atomic E-state index is 0.357. The molecule has 0 bridgehead atoms. The van der Waals surface area contributed by atoms with Crippen molar-refractivity contribution >= 4 is 29.0 Å². The summed E-state index contributed by atoms with van der Waals surface area (Å²) in [6.45, 7) is 4.88. The van der Waals surface area contributed by atoms with E-state index in [1.54, 1.807) is 12.1 Å². The molecule has 134 valence electrons. The normalized spacial score (nSPS) is 15.2. The minimum atomic E-state index is -0.377. The lowest BCUT2D eigenvalue weighted by Gasteiger charge is -2.13. The van der Waals surface area contributed by atoms with Gasteiger partial charge in [0.1, 0.15) is 6.61 Å². The molecular formula is C20H19NO4S. The van der Waals surface area contributed by atoms with Crippen molar-refractivity contribution in [2.24, 2.45) is 0 Å². The fraction of sp³-hybridized carbons (Fsp3) is 0.200. The molecule has 1 aliphatic heterocycles. The summed E-state index contributed by atoms with van der Waals surface area (Å²) in [6, 6.07) is 13.5. The van der Waals surface area contributed by atoms with Crippen LogP contribution in [0.3, 0.4) is 0 Å². The summed E-state index contributed by atoms with van der Waals surface area (Å²) in [5.41, 5.74) is 3.04. The molecule has 1 fully saturated rings. The number of nitrogens with one attached hydrogen (secondary N) is 1. The van der Waals surface area contributed by atoms with Crippen molar-refractivity contribution in [3.63, 3.8) is 0 Å². The molecule has 5 nitrogen and oxygen atoms in total. The third-order valence-corrected chi connectivity index (χ3v) is 4.66. The monoisotopic (exact) mass is 369 g/mol. The molecule has 26 heavy (non-hydrogen) atoms. The third-order valence-electron chi connectivity index (χ3n) is 3.85. The first-order valence-corrected chi connectivity index (χ1v) is 9.07. The number of benzene rings is 2. The summed E-state index contributed by atoms with van der Waals surface area (Å²) < 4.78 is 11.6. The highest BCUT2D eigenvalue weighted by atomic mass is 32.2. The quantitative estimate of drug-likeness (QED) is 0.769. The van der Waals surface area contributed by atoms with Crippen molar-refractivity contribution in [2.45, 2.75) is 20.5 Å². The van der Waals surface area contributed by atoms with Crippen LogP contribution in [0.25, 0.3) is 6.08 Å². The lowest BCUT2D eigenvalue weighted by molar-refractivity contribution is -0.115.